The molecule has 0 amide bonds. The average molecular weight is 293 g/mol. The molecule has 0 atom stereocenters. The highest BCUT2D eigenvalue weighted by molar-refractivity contribution is 5.88. The zero-order valence-corrected chi connectivity index (χ0v) is 12.1. The van der Waals surface area contributed by atoms with E-state index >= 15 is 0 Å². The lowest BCUT2D eigenvalue weighted by atomic mass is 10.1. The Balaban J connectivity index is 1.93. The molecule has 5 nitrogen and oxygen atoms in total. The normalized spacial score (nSPS) is 10.6. The minimum Gasteiger partial charge on any atom is -0.478 e. The van der Waals surface area contributed by atoms with Gasteiger partial charge in [0.05, 0.1) is 17.4 Å². The number of hydrogen-bond donors (Lipinski definition) is 1. The Morgan fingerprint density at radius 2 is 1.95 bits per heavy atom. The van der Waals surface area contributed by atoms with Crippen LogP contribution in [0, 0.1) is 0 Å². The van der Waals surface area contributed by atoms with Crippen LogP contribution in [0.3, 0.4) is 0 Å². The van der Waals surface area contributed by atoms with E-state index in [4.69, 9.17) is 5.11 Å². The zero-order valence-electron chi connectivity index (χ0n) is 12.1. The molecule has 0 unspecified atom stereocenters. The molecule has 3 rings (SSSR count). The first kappa shape index (κ1) is 14.0. The Labute approximate surface area is 127 Å². The molecular weight excluding hydrogens is 278 g/mol. The number of carbonyl (C=O) groups is 1. The van der Waals surface area contributed by atoms with Gasteiger partial charge in [-0.1, -0.05) is 42.5 Å². The monoisotopic (exact) mass is 293 g/mol. The predicted octanol–water partition coefficient (Wildman–Crippen LogP) is 3.19. The Morgan fingerprint density at radius 3 is 2.64 bits per heavy atom. The number of aromatic nitrogens is 3. The number of carboxylic acid groups (broad SMARTS) is 1. The first-order valence-corrected chi connectivity index (χ1v) is 7.03. The van der Waals surface area contributed by atoms with Crippen LogP contribution in [0.1, 0.15) is 22.8 Å². The third-order valence-corrected chi connectivity index (χ3v) is 3.51. The SMILES string of the molecule is CCc1ccc(-c2cn(-c3cccc(C(=O)O)c3)nn2)cc1. The third-order valence-electron chi connectivity index (χ3n) is 3.51. The van der Waals surface area contributed by atoms with E-state index in [0.717, 1.165) is 17.7 Å². The number of aryl methyl sites for hydroxylation is 1. The van der Waals surface area contributed by atoms with E-state index in [1.807, 2.05) is 12.1 Å². The van der Waals surface area contributed by atoms with Crippen molar-refractivity contribution in [3.05, 3.63) is 65.9 Å². The summed E-state index contributed by atoms with van der Waals surface area (Å²) in [6.45, 7) is 2.11. The summed E-state index contributed by atoms with van der Waals surface area (Å²) in [5, 5.41) is 17.3. The summed E-state index contributed by atoms with van der Waals surface area (Å²) in [7, 11) is 0. The summed E-state index contributed by atoms with van der Waals surface area (Å²) in [5.41, 5.74) is 3.90. The van der Waals surface area contributed by atoms with Gasteiger partial charge in [0.2, 0.25) is 0 Å². The first-order valence-electron chi connectivity index (χ1n) is 7.03. The van der Waals surface area contributed by atoms with E-state index in [0.29, 0.717) is 5.69 Å². The van der Waals surface area contributed by atoms with Crippen LogP contribution in [0.25, 0.3) is 16.9 Å². The molecule has 0 aliphatic heterocycles. The summed E-state index contributed by atoms with van der Waals surface area (Å²) in [5.74, 6) is -0.961. The molecule has 1 aromatic heterocycles. The van der Waals surface area contributed by atoms with Crippen molar-refractivity contribution >= 4 is 5.97 Å². The smallest absolute Gasteiger partial charge is 0.335 e. The standard InChI is InChI=1S/C17H15N3O2/c1-2-12-6-8-13(9-7-12)16-11-20(19-18-16)15-5-3-4-14(10-15)17(21)22/h3-11H,2H2,1H3,(H,21,22). The van der Waals surface area contributed by atoms with Crippen LogP contribution in [0.4, 0.5) is 0 Å². The number of nitrogens with zero attached hydrogens (tertiary/aromatic N) is 3. The van der Waals surface area contributed by atoms with Crippen molar-refractivity contribution in [2.75, 3.05) is 0 Å². The topological polar surface area (TPSA) is 68.0 Å². The van der Waals surface area contributed by atoms with E-state index in [-0.39, 0.29) is 5.56 Å². The molecule has 3 aromatic rings. The fourth-order valence-corrected chi connectivity index (χ4v) is 2.21. The molecule has 0 fully saturated rings. The maximum atomic E-state index is 11.0. The van der Waals surface area contributed by atoms with E-state index in [1.165, 1.54) is 5.56 Å². The van der Waals surface area contributed by atoms with Gasteiger partial charge in [0.25, 0.3) is 0 Å². The highest BCUT2D eigenvalue weighted by atomic mass is 16.4. The molecule has 0 saturated carbocycles. The van der Waals surface area contributed by atoms with Crippen molar-refractivity contribution < 1.29 is 9.90 Å². The van der Waals surface area contributed by atoms with Gasteiger partial charge in [-0.25, -0.2) is 9.48 Å². The third kappa shape index (κ3) is 2.74. The minimum absolute atomic E-state index is 0.224. The maximum absolute atomic E-state index is 11.0. The second kappa shape index (κ2) is 5.81. The summed E-state index contributed by atoms with van der Waals surface area (Å²) in [6, 6.07) is 14.8. The number of carboxylic acids is 1. The van der Waals surface area contributed by atoms with Gasteiger partial charge in [0, 0.05) is 5.56 Å². The van der Waals surface area contributed by atoms with Gasteiger partial charge in [-0.2, -0.15) is 0 Å². The lowest BCUT2D eigenvalue weighted by Gasteiger charge is -2.01. The molecule has 0 saturated heterocycles. The van der Waals surface area contributed by atoms with Gasteiger partial charge in [0.15, 0.2) is 0 Å². The summed E-state index contributed by atoms with van der Waals surface area (Å²) >= 11 is 0. The molecule has 110 valence electrons. The average Bonchev–Trinajstić information content (AvgIpc) is 3.05. The number of rotatable bonds is 4. The molecule has 0 aliphatic carbocycles. The van der Waals surface area contributed by atoms with Crippen molar-refractivity contribution in [3.8, 4) is 16.9 Å². The quantitative estimate of drug-likeness (QED) is 0.802. The molecular formula is C17H15N3O2. The zero-order chi connectivity index (χ0) is 15.5. The summed E-state index contributed by atoms with van der Waals surface area (Å²) in [6.07, 6.45) is 2.79. The van der Waals surface area contributed by atoms with Crippen LogP contribution in [-0.4, -0.2) is 26.1 Å². The molecule has 0 radical (unpaired) electrons. The number of aromatic carboxylic acids is 1. The summed E-state index contributed by atoms with van der Waals surface area (Å²) in [4.78, 5) is 11.0. The van der Waals surface area contributed by atoms with Gasteiger partial charge in [-0.3, -0.25) is 0 Å². The van der Waals surface area contributed by atoms with Crippen LogP contribution in [0.5, 0.6) is 0 Å². The number of hydrogen-bond acceptors (Lipinski definition) is 3. The summed E-state index contributed by atoms with van der Waals surface area (Å²) < 4.78 is 1.58. The minimum atomic E-state index is -0.961. The van der Waals surface area contributed by atoms with Gasteiger partial charge >= 0.3 is 5.97 Å². The lowest BCUT2D eigenvalue weighted by Crippen LogP contribution is -2.00. The van der Waals surface area contributed by atoms with Crippen molar-refractivity contribution in [3.63, 3.8) is 0 Å². The molecule has 5 heteroatoms. The Kier molecular flexibility index (Phi) is 3.70. The molecule has 2 aromatic carbocycles. The van der Waals surface area contributed by atoms with Crippen LogP contribution in [0.2, 0.25) is 0 Å². The maximum Gasteiger partial charge on any atom is 0.335 e. The van der Waals surface area contributed by atoms with Crippen LogP contribution < -0.4 is 0 Å². The van der Waals surface area contributed by atoms with E-state index in [9.17, 15) is 4.79 Å². The lowest BCUT2D eigenvalue weighted by molar-refractivity contribution is 0.0697. The highest BCUT2D eigenvalue weighted by Gasteiger charge is 2.08. The van der Waals surface area contributed by atoms with E-state index < -0.39 is 5.97 Å². The Bertz CT molecular complexity index is 807. The highest BCUT2D eigenvalue weighted by Crippen LogP contribution is 2.19. The van der Waals surface area contributed by atoms with Crippen molar-refractivity contribution in [1.29, 1.82) is 0 Å². The first-order chi connectivity index (χ1) is 10.7. The van der Waals surface area contributed by atoms with Gasteiger partial charge < -0.3 is 5.11 Å². The predicted molar refractivity (Wildman–Crippen MR) is 83.1 cm³/mol. The fraction of sp³-hybridized carbons (Fsp3) is 0.118. The van der Waals surface area contributed by atoms with Crippen molar-refractivity contribution in [2.45, 2.75) is 13.3 Å². The van der Waals surface area contributed by atoms with Gasteiger partial charge in [-0.05, 0) is 30.2 Å². The van der Waals surface area contributed by atoms with Crippen LogP contribution >= 0.6 is 0 Å². The molecule has 0 aliphatic rings. The Morgan fingerprint density at radius 1 is 1.18 bits per heavy atom. The van der Waals surface area contributed by atoms with E-state index in [1.54, 1.807) is 35.1 Å². The molecule has 1 heterocycles. The van der Waals surface area contributed by atoms with Gasteiger partial charge in [0.1, 0.15) is 5.69 Å². The van der Waals surface area contributed by atoms with Crippen LogP contribution in [0.15, 0.2) is 54.7 Å². The molecule has 0 spiro atoms. The molecule has 1 N–H and O–H groups in total. The Hall–Kier alpha value is -2.95. The van der Waals surface area contributed by atoms with Crippen molar-refractivity contribution in [2.24, 2.45) is 0 Å². The van der Waals surface area contributed by atoms with Crippen LogP contribution in [-0.2, 0) is 6.42 Å². The molecule has 22 heavy (non-hydrogen) atoms. The largest absolute Gasteiger partial charge is 0.478 e. The van der Waals surface area contributed by atoms with E-state index in [2.05, 4.69) is 29.4 Å². The number of benzene rings is 2. The molecule has 0 bridgehead atoms. The van der Waals surface area contributed by atoms with Crippen molar-refractivity contribution in [1.82, 2.24) is 15.0 Å². The van der Waals surface area contributed by atoms with Gasteiger partial charge in [-0.15, -0.1) is 5.10 Å². The fourth-order valence-electron chi connectivity index (χ4n) is 2.21. The second-order valence-electron chi connectivity index (χ2n) is 4.95. The second-order valence-corrected chi connectivity index (χ2v) is 4.95.